The van der Waals surface area contributed by atoms with Crippen molar-refractivity contribution in [3.63, 3.8) is 0 Å². The van der Waals surface area contributed by atoms with Crippen LogP contribution in [-0.4, -0.2) is 11.4 Å². The number of thioether (sulfide) groups is 1. The van der Waals surface area contributed by atoms with E-state index >= 15 is 0 Å². The molecule has 0 amide bonds. The summed E-state index contributed by atoms with van der Waals surface area (Å²) in [4.78, 5) is 1.24. The fraction of sp³-hybridized carbons (Fsp3) is 0.167. The highest BCUT2D eigenvalue weighted by molar-refractivity contribution is 8.00. The van der Waals surface area contributed by atoms with Gasteiger partial charge in [0, 0.05) is 11.5 Å². The van der Waals surface area contributed by atoms with Crippen molar-refractivity contribution in [2.75, 3.05) is 0 Å². The van der Waals surface area contributed by atoms with E-state index in [9.17, 15) is 0 Å². The number of benzene rings is 3. The highest BCUT2D eigenvalue weighted by atomic mass is 32.2. The van der Waals surface area contributed by atoms with Gasteiger partial charge in [0.25, 0.3) is 0 Å². The highest BCUT2D eigenvalue weighted by Gasteiger charge is 2.32. The summed E-state index contributed by atoms with van der Waals surface area (Å²) in [5.41, 5.74) is 12.4. The molecular formula is C36H28OS. The molecule has 0 fully saturated rings. The second-order valence-corrected chi connectivity index (χ2v) is 11.8. The number of hydrogen-bond acceptors (Lipinski definition) is 2. The quantitative estimate of drug-likeness (QED) is 0.341. The second kappa shape index (κ2) is 8.92. The molecule has 0 saturated carbocycles. The van der Waals surface area contributed by atoms with Crippen LogP contribution in [0.3, 0.4) is 0 Å². The molecule has 0 aromatic heterocycles. The molecule has 1 aliphatic heterocycles. The van der Waals surface area contributed by atoms with E-state index in [1.807, 2.05) is 11.8 Å². The maximum absolute atomic E-state index is 6.59. The van der Waals surface area contributed by atoms with Crippen LogP contribution in [0.1, 0.15) is 41.9 Å². The van der Waals surface area contributed by atoms with Gasteiger partial charge in [0.2, 0.25) is 0 Å². The third kappa shape index (κ3) is 3.55. The Morgan fingerprint density at radius 1 is 0.711 bits per heavy atom. The van der Waals surface area contributed by atoms with Crippen molar-refractivity contribution in [2.24, 2.45) is 0 Å². The maximum atomic E-state index is 6.59. The number of para-hydroxylation sites is 1. The molecule has 0 radical (unpaired) electrons. The zero-order chi connectivity index (χ0) is 25.1. The molecule has 0 saturated heterocycles. The van der Waals surface area contributed by atoms with Crippen LogP contribution >= 0.6 is 11.8 Å². The summed E-state index contributed by atoms with van der Waals surface area (Å²) in [7, 11) is 0. The summed E-state index contributed by atoms with van der Waals surface area (Å²) in [5, 5.41) is 0.352. The molecule has 4 aliphatic carbocycles. The molecule has 3 aromatic carbocycles. The Labute approximate surface area is 228 Å². The monoisotopic (exact) mass is 508 g/mol. The molecular weight excluding hydrogens is 480 g/mol. The van der Waals surface area contributed by atoms with Crippen LogP contribution in [0.5, 0.6) is 5.75 Å². The van der Waals surface area contributed by atoms with Crippen molar-refractivity contribution in [3.05, 3.63) is 143 Å². The molecule has 0 bridgehead atoms. The molecule has 5 aliphatic rings. The van der Waals surface area contributed by atoms with Crippen molar-refractivity contribution in [1.29, 1.82) is 0 Å². The summed E-state index contributed by atoms with van der Waals surface area (Å²) in [6.07, 6.45) is 21.7. The number of hydrogen-bond donors (Lipinski definition) is 0. The first-order chi connectivity index (χ1) is 18.8. The summed E-state index contributed by atoms with van der Waals surface area (Å²) < 4.78 is 6.59. The molecule has 184 valence electrons. The van der Waals surface area contributed by atoms with Gasteiger partial charge in [-0.15, -0.1) is 11.8 Å². The van der Waals surface area contributed by atoms with Crippen LogP contribution in [0.4, 0.5) is 0 Å². The summed E-state index contributed by atoms with van der Waals surface area (Å²) in [6.45, 7) is 0. The number of ether oxygens (including phenoxy) is 1. The van der Waals surface area contributed by atoms with Crippen LogP contribution in [0.15, 0.2) is 131 Å². The van der Waals surface area contributed by atoms with E-state index in [4.69, 9.17) is 4.74 Å². The van der Waals surface area contributed by atoms with Crippen molar-refractivity contribution in [1.82, 2.24) is 0 Å². The zero-order valence-corrected chi connectivity index (χ0v) is 22.0. The van der Waals surface area contributed by atoms with E-state index in [1.54, 1.807) is 0 Å². The van der Waals surface area contributed by atoms with Gasteiger partial charge >= 0.3 is 0 Å². The first-order valence-electron chi connectivity index (χ1n) is 13.7. The van der Waals surface area contributed by atoms with Crippen LogP contribution in [0.25, 0.3) is 22.3 Å². The third-order valence-electron chi connectivity index (χ3n) is 8.45. The topological polar surface area (TPSA) is 9.23 Å². The number of allylic oxidation sites excluding steroid dienone is 10. The Morgan fingerprint density at radius 2 is 1.53 bits per heavy atom. The second-order valence-electron chi connectivity index (χ2n) is 10.6. The number of fused-ring (bicyclic) bond motifs is 8. The SMILES string of the molecule is C1=CC2Oc3c(cccc3C3=CCCC(C4=CCC5C(=C4)c4ccccc4-c4ccccc45)=C3)SC2C=C1. The molecule has 3 aromatic rings. The van der Waals surface area contributed by atoms with Gasteiger partial charge < -0.3 is 4.74 Å². The maximum Gasteiger partial charge on any atom is 0.141 e. The van der Waals surface area contributed by atoms with Crippen molar-refractivity contribution in [2.45, 2.75) is 41.4 Å². The Balaban J connectivity index is 1.16. The van der Waals surface area contributed by atoms with Crippen molar-refractivity contribution >= 4 is 22.9 Å². The average Bonchev–Trinajstić information content (AvgIpc) is 2.99. The lowest BCUT2D eigenvalue weighted by Gasteiger charge is -2.34. The van der Waals surface area contributed by atoms with Crippen LogP contribution < -0.4 is 4.74 Å². The highest BCUT2D eigenvalue weighted by Crippen LogP contribution is 2.51. The largest absolute Gasteiger partial charge is 0.483 e. The molecule has 3 unspecified atom stereocenters. The minimum atomic E-state index is 0.100. The standard InChI is InChI=1S/C36H28OS/c1-2-13-29-27(11-1)28-12-3-4-14-30(28)32-22-24(19-20-31(29)32)23-9-7-10-25(21-23)26-15-8-18-35-36(26)37-33-16-5-6-17-34(33)38-35/h1-6,8,10-19,21-22,31,33-34H,7,9,20H2. The van der Waals surface area contributed by atoms with Crippen LogP contribution in [0, 0.1) is 0 Å². The van der Waals surface area contributed by atoms with Gasteiger partial charge in [0.1, 0.15) is 11.9 Å². The molecule has 0 N–H and O–H groups in total. The minimum Gasteiger partial charge on any atom is -0.483 e. The van der Waals surface area contributed by atoms with E-state index in [1.165, 1.54) is 55.0 Å². The summed E-state index contributed by atoms with van der Waals surface area (Å²) in [5.74, 6) is 1.47. The zero-order valence-electron chi connectivity index (χ0n) is 21.1. The lowest BCUT2D eigenvalue weighted by atomic mass is 9.70. The normalized spacial score (nSPS) is 24.3. The smallest absolute Gasteiger partial charge is 0.141 e. The van der Waals surface area contributed by atoms with Crippen molar-refractivity contribution in [3.8, 4) is 16.9 Å². The molecule has 8 rings (SSSR count). The molecule has 2 heteroatoms. The average molecular weight is 509 g/mol. The van der Waals surface area contributed by atoms with Gasteiger partial charge in [-0.25, -0.2) is 0 Å². The summed E-state index contributed by atoms with van der Waals surface area (Å²) in [6, 6.07) is 24.5. The fourth-order valence-electron chi connectivity index (χ4n) is 6.64. The molecule has 0 spiro atoms. The first-order valence-corrected chi connectivity index (χ1v) is 14.5. The van der Waals surface area contributed by atoms with Gasteiger partial charge in [-0.3, -0.25) is 0 Å². The fourth-order valence-corrected chi connectivity index (χ4v) is 7.80. The Hall–Kier alpha value is -3.75. The van der Waals surface area contributed by atoms with Gasteiger partial charge in [-0.05, 0) is 76.0 Å². The summed E-state index contributed by atoms with van der Waals surface area (Å²) >= 11 is 1.92. The van der Waals surface area contributed by atoms with Gasteiger partial charge in [-0.2, -0.15) is 0 Å². The third-order valence-corrected chi connectivity index (χ3v) is 9.72. The van der Waals surface area contributed by atoms with E-state index in [2.05, 4.69) is 115 Å². The predicted molar refractivity (Wildman–Crippen MR) is 159 cm³/mol. The first kappa shape index (κ1) is 22.3. The molecule has 3 atom stereocenters. The van der Waals surface area contributed by atoms with Crippen molar-refractivity contribution < 1.29 is 4.74 Å². The number of rotatable bonds is 2. The van der Waals surface area contributed by atoms with E-state index in [-0.39, 0.29) is 6.10 Å². The van der Waals surface area contributed by atoms with E-state index in [0.29, 0.717) is 11.2 Å². The Kier molecular flexibility index (Phi) is 5.23. The van der Waals surface area contributed by atoms with Gasteiger partial charge in [0.05, 0.1) is 10.1 Å². The predicted octanol–water partition coefficient (Wildman–Crippen LogP) is 9.32. The van der Waals surface area contributed by atoms with Crippen LogP contribution in [0.2, 0.25) is 0 Å². The van der Waals surface area contributed by atoms with Gasteiger partial charge in [0.15, 0.2) is 0 Å². The van der Waals surface area contributed by atoms with Gasteiger partial charge in [-0.1, -0.05) is 103 Å². The Morgan fingerprint density at radius 3 is 2.47 bits per heavy atom. The minimum absolute atomic E-state index is 0.100. The molecule has 38 heavy (non-hydrogen) atoms. The lowest BCUT2D eigenvalue weighted by molar-refractivity contribution is 0.243. The van der Waals surface area contributed by atoms with E-state index in [0.717, 1.165) is 25.0 Å². The molecule has 1 heterocycles. The van der Waals surface area contributed by atoms with E-state index < -0.39 is 0 Å². The Bertz CT molecular complexity index is 1660. The molecule has 1 nitrogen and oxygen atoms in total. The van der Waals surface area contributed by atoms with Crippen LogP contribution in [-0.2, 0) is 0 Å². The lowest BCUT2D eigenvalue weighted by Crippen LogP contribution is -2.30.